The number of nitrogens with zero attached hydrogens (tertiary/aromatic N) is 2. The number of aromatic nitrogens is 2. The van der Waals surface area contributed by atoms with Crippen LogP contribution in [0.5, 0.6) is 0 Å². The van der Waals surface area contributed by atoms with E-state index >= 15 is 0 Å². The molecule has 0 fully saturated rings. The van der Waals surface area contributed by atoms with Gasteiger partial charge in [-0.15, -0.1) is 0 Å². The van der Waals surface area contributed by atoms with Crippen molar-refractivity contribution in [3.63, 3.8) is 0 Å². The van der Waals surface area contributed by atoms with Crippen LogP contribution in [0.15, 0.2) is 30.5 Å². The number of hydrogen-bond acceptors (Lipinski definition) is 3. The quantitative estimate of drug-likeness (QED) is 0.734. The topological polar surface area (TPSA) is 58.9 Å². The van der Waals surface area contributed by atoms with Gasteiger partial charge in [-0.25, -0.2) is 0 Å². The van der Waals surface area contributed by atoms with Crippen LogP contribution in [0.2, 0.25) is 0 Å². The fourth-order valence-electron chi connectivity index (χ4n) is 1.89. The third kappa shape index (κ3) is 4.06. The molecule has 1 aromatic heterocycles. The van der Waals surface area contributed by atoms with Crippen molar-refractivity contribution in [2.24, 2.45) is 0 Å². The lowest BCUT2D eigenvalue weighted by molar-refractivity contribution is -0.121. The lowest BCUT2D eigenvalue weighted by Crippen LogP contribution is -2.34. The summed E-state index contributed by atoms with van der Waals surface area (Å²) in [6, 6.07) is 7.84. The standard InChI is InChI=1S/C14H20N4O/c1-2-7-15-8-9-16-14(19)11-18-10-12-5-3-4-6-13(12)17-18/h3-6,10,15H,2,7-9,11H2,1H3,(H,16,19). The van der Waals surface area contributed by atoms with Crippen molar-refractivity contribution in [1.82, 2.24) is 20.4 Å². The highest BCUT2D eigenvalue weighted by Crippen LogP contribution is 2.10. The average Bonchev–Trinajstić information content (AvgIpc) is 2.80. The molecule has 0 aliphatic carbocycles. The van der Waals surface area contributed by atoms with Gasteiger partial charge in [0.1, 0.15) is 6.54 Å². The third-order valence-corrected chi connectivity index (χ3v) is 2.82. The zero-order valence-corrected chi connectivity index (χ0v) is 11.2. The first kappa shape index (κ1) is 13.5. The lowest BCUT2D eigenvalue weighted by atomic mass is 10.3. The summed E-state index contributed by atoms with van der Waals surface area (Å²) in [5.74, 6) is -0.00824. The number of carbonyl (C=O) groups is 1. The fraction of sp³-hybridized carbons (Fsp3) is 0.429. The molecule has 102 valence electrons. The lowest BCUT2D eigenvalue weighted by Gasteiger charge is -2.06. The van der Waals surface area contributed by atoms with E-state index in [1.807, 2.05) is 30.5 Å². The van der Waals surface area contributed by atoms with Gasteiger partial charge in [0.05, 0.1) is 5.52 Å². The second-order valence-corrected chi connectivity index (χ2v) is 4.49. The highest BCUT2D eigenvalue weighted by Gasteiger charge is 2.04. The van der Waals surface area contributed by atoms with E-state index in [4.69, 9.17) is 0 Å². The minimum absolute atomic E-state index is 0.00824. The minimum Gasteiger partial charge on any atom is -0.353 e. The Kier molecular flexibility index (Phi) is 4.92. The third-order valence-electron chi connectivity index (χ3n) is 2.82. The first-order valence-electron chi connectivity index (χ1n) is 6.69. The number of carbonyl (C=O) groups excluding carboxylic acids is 1. The molecular formula is C14H20N4O. The van der Waals surface area contributed by atoms with Crippen molar-refractivity contribution in [1.29, 1.82) is 0 Å². The monoisotopic (exact) mass is 260 g/mol. The Balaban J connectivity index is 1.78. The Morgan fingerprint density at radius 2 is 2.11 bits per heavy atom. The van der Waals surface area contributed by atoms with Crippen molar-refractivity contribution in [3.05, 3.63) is 30.5 Å². The molecule has 19 heavy (non-hydrogen) atoms. The Hall–Kier alpha value is -1.88. The summed E-state index contributed by atoms with van der Waals surface area (Å²) in [5.41, 5.74) is 0.917. The zero-order chi connectivity index (χ0) is 13.5. The Labute approximate surface area is 113 Å². The van der Waals surface area contributed by atoms with E-state index in [1.165, 1.54) is 0 Å². The van der Waals surface area contributed by atoms with Gasteiger partial charge < -0.3 is 10.6 Å². The van der Waals surface area contributed by atoms with Crippen LogP contribution in [0.1, 0.15) is 13.3 Å². The molecule has 0 radical (unpaired) electrons. The van der Waals surface area contributed by atoms with Crippen LogP contribution in [0.25, 0.3) is 10.9 Å². The predicted octanol–water partition coefficient (Wildman–Crippen LogP) is 1.15. The predicted molar refractivity (Wildman–Crippen MR) is 75.9 cm³/mol. The van der Waals surface area contributed by atoms with Crippen LogP contribution < -0.4 is 10.6 Å². The summed E-state index contributed by atoms with van der Waals surface area (Å²) in [5, 5.41) is 11.5. The van der Waals surface area contributed by atoms with Gasteiger partial charge in [-0.05, 0) is 19.0 Å². The first-order valence-corrected chi connectivity index (χ1v) is 6.69. The summed E-state index contributed by atoms with van der Waals surface area (Å²) in [6.45, 7) is 4.83. The van der Waals surface area contributed by atoms with Gasteiger partial charge in [0.2, 0.25) is 5.91 Å². The van der Waals surface area contributed by atoms with E-state index < -0.39 is 0 Å². The van der Waals surface area contributed by atoms with E-state index in [9.17, 15) is 4.79 Å². The second-order valence-electron chi connectivity index (χ2n) is 4.49. The fourth-order valence-corrected chi connectivity index (χ4v) is 1.89. The molecule has 0 aliphatic heterocycles. The van der Waals surface area contributed by atoms with Gasteiger partial charge >= 0.3 is 0 Å². The molecule has 0 saturated carbocycles. The van der Waals surface area contributed by atoms with Gasteiger partial charge in [0.25, 0.3) is 0 Å². The van der Waals surface area contributed by atoms with Crippen LogP contribution in [0.3, 0.4) is 0 Å². The van der Waals surface area contributed by atoms with E-state index in [0.717, 1.165) is 30.4 Å². The number of rotatable bonds is 7. The van der Waals surface area contributed by atoms with Crippen molar-refractivity contribution in [2.75, 3.05) is 19.6 Å². The molecule has 0 aliphatic rings. The van der Waals surface area contributed by atoms with Crippen molar-refractivity contribution >= 4 is 16.8 Å². The minimum atomic E-state index is -0.00824. The highest BCUT2D eigenvalue weighted by atomic mass is 16.2. The average molecular weight is 260 g/mol. The van der Waals surface area contributed by atoms with Crippen LogP contribution in [-0.2, 0) is 11.3 Å². The second kappa shape index (κ2) is 6.89. The van der Waals surface area contributed by atoms with Crippen LogP contribution in [-0.4, -0.2) is 35.3 Å². The van der Waals surface area contributed by atoms with Gasteiger partial charge in [-0.2, -0.15) is 5.10 Å². The molecule has 1 aromatic carbocycles. The van der Waals surface area contributed by atoms with Crippen molar-refractivity contribution in [2.45, 2.75) is 19.9 Å². The molecule has 0 spiro atoms. The van der Waals surface area contributed by atoms with E-state index in [2.05, 4.69) is 22.7 Å². The molecular weight excluding hydrogens is 240 g/mol. The smallest absolute Gasteiger partial charge is 0.241 e. The van der Waals surface area contributed by atoms with Gasteiger partial charge in [-0.1, -0.05) is 25.1 Å². The molecule has 0 bridgehead atoms. The van der Waals surface area contributed by atoms with Crippen LogP contribution in [0, 0.1) is 0 Å². The normalized spacial score (nSPS) is 10.8. The maximum Gasteiger partial charge on any atom is 0.241 e. The molecule has 0 atom stereocenters. The summed E-state index contributed by atoms with van der Waals surface area (Å²) < 4.78 is 1.68. The summed E-state index contributed by atoms with van der Waals surface area (Å²) in [7, 11) is 0. The van der Waals surface area contributed by atoms with Gasteiger partial charge in [0.15, 0.2) is 0 Å². The number of benzene rings is 1. The van der Waals surface area contributed by atoms with Gasteiger partial charge in [0, 0.05) is 24.7 Å². The molecule has 0 unspecified atom stereocenters. The first-order chi connectivity index (χ1) is 9.29. The summed E-state index contributed by atoms with van der Waals surface area (Å²) in [4.78, 5) is 11.7. The number of nitrogens with one attached hydrogen (secondary N) is 2. The molecule has 0 saturated heterocycles. The van der Waals surface area contributed by atoms with E-state index in [1.54, 1.807) is 4.68 Å². The number of fused-ring (bicyclic) bond motifs is 1. The Morgan fingerprint density at radius 3 is 2.89 bits per heavy atom. The zero-order valence-electron chi connectivity index (χ0n) is 11.2. The summed E-state index contributed by atoms with van der Waals surface area (Å²) >= 11 is 0. The summed E-state index contributed by atoms with van der Waals surface area (Å²) in [6.07, 6.45) is 3.00. The maximum atomic E-state index is 11.7. The SMILES string of the molecule is CCCNCCNC(=O)Cn1cc2ccccc2n1. The largest absolute Gasteiger partial charge is 0.353 e. The molecule has 5 nitrogen and oxygen atoms in total. The molecule has 2 N–H and O–H groups in total. The Morgan fingerprint density at radius 1 is 1.26 bits per heavy atom. The number of hydrogen-bond donors (Lipinski definition) is 2. The van der Waals surface area contributed by atoms with Crippen LogP contribution >= 0.6 is 0 Å². The molecule has 5 heteroatoms. The van der Waals surface area contributed by atoms with E-state index in [-0.39, 0.29) is 12.5 Å². The molecule has 1 heterocycles. The molecule has 1 amide bonds. The molecule has 2 aromatic rings. The maximum absolute atomic E-state index is 11.7. The number of amides is 1. The van der Waals surface area contributed by atoms with Crippen molar-refractivity contribution in [3.8, 4) is 0 Å². The van der Waals surface area contributed by atoms with Gasteiger partial charge in [-0.3, -0.25) is 9.48 Å². The molecule has 2 rings (SSSR count). The van der Waals surface area contributed by atoms with Crippen molar-refractivity contribution < 1.29 is 4.79 Å². The highest BCUT2D eigenvalue weighted by molar-refractivity contribution is 5.79. The van der Waals surface area contributed by atoms with E-state index in [0.29, 0.717) is 6.54 Å². The van der Waals surface area contributed by atoms with Crippen LogP contribution in [0.4, 0.5) is 0 Å². The Bertz CT molecular complexity index is 502.